The van der Waals surface area contributed by atoms with Crippen LogP contribution in [0.3, 0.4) is 0 Å². The zero-order valence-corrected chi connectivity index (χ0v) is 9.90. The van der Waals surface area contributed by atoms with Crippen molar-refractivity contribution in [1.29, 1.82) is 0 Å². The van der Waals surface area contributed by atoms with Crippen molar-refractivity contribution in [3.05, 3.63) is 53.3 Å². The van der Waals surface area contributed by atoms with Gasteiger partial charge in [-0.25, -0.2) is 0 Å². The highest BCUT2D eigenvalue weighted by molar-refractivity contribution is 5.95. The fraction of sp³-hybridized carbons (Fsp3) is 0.143. The van der Waals surface area contributed by atoms with Gasteiger partial charge >= 0.3 is 0 Å². The Kier molecular flexibility index (Phi) is 2.91. The van der Waals surface area contributed by atoms with E-state index < -0.39 is 5.91 Å². The van der Waals surface area contributed by atoms with Crippen LogP contribution >= 0.6 is 0 Å². The predicted molar refractivity (Wildman–Crippen MR) is 67.7 cm³/mol. The van der Waals surface area contributed by atoms with Gasteiger partial charge in [0.1, 0.15) is 0 Å². The molecule has 3 nitrogen and oxygen atoms in total. The SMILES string of the molecule is Cc1ccc(-c2ccc(C)c(C(N)=O)c2)cn1. The lowest BCUT2D eigenvalue weighted by atomic mass is 10.0. The van der Waals surface area contributed by atoms with Gasteiger partial charge in [-0.3, -0.25) is 9.78 Å². The normalized spacial score (nSPS) is 10.2. The van der Waals surface area contributed by atoms with E-state index in [0.717, 1.165) is 22.4 Å². The highest BCUT2D eigenvalue weighted by atomic mass is 16.1. The summed E-state index contributed by atoms with van der Waals surface area (Å²) in [5.41, 5.74) is 9.69. The number of nitrogens with two attached hydrogens (primary N) is 1. The largest absolute Gasteiger partial charge is 0.366 e. The molecule has 2 N–H and O–H groups in total. The Bertz CT molecular complexity index is 559. The molecule has 0 atom stereocenters. The maximum absolute atomic E-state index is 11.3. The molecule has 2 aromatic rings. The molecule has 0 aliphatic heterocycles. The zero-order valence-electron chi connectivity index (χ0n) is 9.90. The molecule has 86 valence electrons. The topological polar surface area (TPSA) is 56.0 Å². The van der Waals surface area contributed by atoms with Gasteiger partial charge in [0.15, 0.2) is 0 Å². The van der Waals surface area contributed by atoms with E-state index in [2.05, 4.69) is 4.98 Å². The Balaban J connectivity index is 2.50. The standard InChI is InChI=1S/C14H14N2O/c1-9-3-5-11(7-13(9)14(15)17)12-6-4-10(2)16-8-12/h3-8H,1-2H3,(H2,15,17). The van der Waals surface area contributed by atoms with Gasteiger partial charge in [0.25, 0.3) is 0 Å². The first-order chi connectivity index (χ1) is 8.08. The minimum Gasteiger partial charge on any atom is -0.366 e. The summed E-state index contributed by atoms with van der Waals surface area (Å²) in [6.07, 6.45) is 1.80. The van der Waals surface area contributed by atoms with Gasteiger partial charge in [-0.15, -0.1) is 0 Å². The van der Waals surface area contributed by atoms with E-state index in [4.69, 9.17) is 5.73 Å². The smallest absolute Gasteiger partial charge is 0.248 e. The molecule has 0 bridgehead atoms. The Morgan fingerprint density at radius 3 is 2.41 bits per heavy atom. The highest BCUT2D eigenvalue weighted by Crippen LogP contribution is 2.21. The number of amides is 1. The van der Waals surface area contributed by atoms with Gasteiger partial charge in [0.2, 0.25) is 5.91 Å². The van der Waals surface area contributed by atoms with Crippen molar-refractivity contribution in [1.82, 2.24) is 4.98 Å². The molecule has 17 heavy (non-hydrogen) atoms. The van der Waals surface area contributed by atoms with Crippen LogP contribution in [0.5, 0.6) is 0 Å². The number of hydrogen-bond donors (Lipinski definition) is 1. The molecule has 0 aliphatic rings. The molecule has 2 rings (SSSR count). The molecule has 1 heterocycles. The Hall–Kier alpha value is -2.16. The first-order valence-electron chi connectivity index (χ1n) is 5.41. The van der Waals surface area contributed by atoms with Gasteiger partial charge in [-0.05, 0) is 37.1 Å². The second kappa shape index (κ2) is 4.37. The van der Waals surface area contributed by atoms with E-state index in [9.17, 15) is 4.79 Å². The third kappa shape index (κ3) is 2.33. The fourth-order valence-electron chi connectivity index (χ4n) is 1.71. The molecule has 0 saturated heterocycles. The van der Waals surface area contributed by atoms with Crippen LogP contribution in [0.2, 0.25) is 0 Å². The first kappa shape index (κ1) is 11.3. The third-order valence-electron chi connectivity index (χ3n) is 2.75. The summed E-state index contributed by atoms with van der Waals surface area (Å²) < 4.78 is 0. The third-order valence-corrected chi connectivity index (χ3v) is 2.75. The average Bonchev–Trinajstić information content (AvgIpc) is 2.30. The summed E-state index contributed by atoms with van der Waals surface area (Å²) in [5.74, 6) is -0.399. The lowest BCUT2D eigenvalue weighted by Gasteiger charge is -2.06. The predicted octanol–water partition coefficient (Wildman–Crippen LogP) is 2.46. The van der Waals surface area contributed by atoms with E-state index in [1.54, 1.807) is 6.20 Å². The molecule has 1 amide bonds. The van der Waals surface area contributed by atoms with Gasteiger partial charge < -0.3 is 5.73 Å². The summed E-state index contributed by atoms with van der Waals surface area (Å²) in [6, 6.07) is 9.60. The monoisotopic (exact) mass is 226 g/mol. The molecule has 1 aromatic carbocycles. The van der Waals surface area contributed by atoms with Gasteiger partial charge in [0, 0.05) is 23.0 Å². The lowest BCUT2D eigenvalue weighted by molar-refractivity contribution is 0.1000. The van der Waals surface area contributed by atoms with Crippen molar-refractivity contribution in [2.45, 2.75) is 13.8 Å². The number of carbonyl (C=O) groups excluding carboxylic acids is 1. The van der Waals surface area contributed by atoms with Crippen molar-refractivity contribution in [3.8, 4) is 11.1 Å². The summed E-state index contributed by atoms with van der Waals surface area (Å²) in [4.78, 5) is 15.5. The molecule has 0 aliphatic carbocycles. The van der Waals surface area contributed by atoms with E-state index in [1.165, 1.54) is 0 Å². The first-order valence-corrected chi connectivity index (χ1v) is 5.41. The van der Waals surface area contributed by atoms with Crippen molar-refractivity contribution in [3.63, 3.8) is 0 Å². The molecular formula is C14H14N2O. The van der Waals surface area contributed by atoms with E-state index in [-0.39, 0.29) is 0 Å². The maximum Gasteiger partial charge on any atom is 0.248 e. The summed E-state index contributed by atoms with van der Waals surface area (Å²) in [7, 11) is 0. The molecule has 0 saturated carbocycles. The van der Waals surface area contributed by atoms with Gasteiger partial charge in [0.05, 0.1) is 0 Å². The Morgan fingerprint density at radius 1 is 1.12 bits per heavy atom. The van der Waals surface area contributed by atoms with Crippen LogP contribution in [0.15, 0.2) is 36.5 Å². The number of hydrogen-bond acceptors (Lipinski definition) is 2. The number of nitrogens with zero attached hydrogens (tertiary/aromatic N) is 1. The number of benzene rings is 1. The quantitative estimate of drug-likeness (QED) is 0.855. The Labute approximate surface area is 100 Å². The lowest BCUT2D eigenvalue weighted by Crippen LogP contribution is -2.12. The number of primary amides is 1. The van der Waals surface area contributed by atoms with Crippen molar-refractivity contribution >= 4 is 5.91 Å². The molecule has 0 unspecified atom stereocenters. The minimum atomic E-state index is -0.399. The van der Waals surface area contributed by atoms with E-state index in [1.807, 2.05) is 44.2 Å². The molecule has 1 aromatic heterocycles. The van der Waals surface area contributed by atoms with Crippen molar-refractivity contribution < 1.29 is 4.79 Å². The van der Waals surface area contributed by atoms with Crippen LogP contribution in [0.1, 0.15) is 21.6 Å². The number of aromatic nitrogens is 1. The van der Waals surface area contributed by atoms with Crippen molar-refractivity contribution in [2.75, 3.05) is 0 Å². The molecule has 0 radical (unpaired) electrons. The van der Waals surface area contributed by atoms with E-state index >= 15 is 0 Å². The second-order valence-electron chi connectivity index (χ2n) is 4.08. The van der Waals surface area contributed by atoms with Crippen LogP contribution in [0.25, 0.3) is 11.1 Å². The van der Waals surface area contributed by atoms with Crippen LogP contribution in [0.4, 0.5) is 0 Å². The van der Waals surface area contributed by atoms with Crippen molar-refractivity contribution in [2.24, 2.45) is 5.73 Å². The van der Waals surface area contributed by atoms with Crippen LogP contribution in [-0.2, 0) is 0 Å². The summed E-state index contributed by atoms with van der Waals surface area (Å²) in [5, 5.41) is 0. The minimum absolute atomic E-state index is 0.399. The summed E-state index contributed by atoms with van der Waals surface area (Å²) >= 11 is 0. The summed E-state index contributed by atoms with van der Waals surface area (Å²) in [6.45, 7) is 3.81. The molecule has 0 fully saturated rings. The average molecular weight is 226 g/mol. The molecule has 0 spiro atoms. The number of rotatable bonds is 2. The van der Waals surface area contributed by atoms with Crippen LogP contribution < -0.4 is 5.73 Å². The van der Waals surface area contributed by atoms with Gasteiger partial charge in [-0.2, -0.15) is 0 Å². The molecule has 3 heteroatoms. The van der Waals surface area contributed by atoms with Gasteiger partial charge in [-0.1, -0.05) is 18.2 Å². The van der Waals surface area contributed by atoms with Crippen LogP contribution in [0, 0.1) is 13.8 Å². The highest BCUT2D eigenvalue weighted by Gasteiger charge is 2.07. The zero-order chi connectivity index (χ0) is 12.4. The Morgan fingerprint density at radius 2 is 1.82 bits per heavy atom. The molecular weight excluding hydrogens is 212 g/mol. The maximum atomic E-state index is 11.3. The fourth-order valence-corrected chi connectivity index (χ4v) is 1.71. The second-order valence-corrected chi connectivity index (χ2v) is 4.08. The van der Waals surface area contributed by atoms with E-state index in [0.29, 0.717) is 5.56 Å². The number of pyridine rings is 1. The number of aryl methyl sites for hydroxylation is 2. The van der Waals surface area contributed by atoms with Crippen LogP contribution in [-0.4, -0.2) is 10.9 Å². The number of carbonyl (C=O) groups is 1.